The first-order valence-electron chi connectivity index (χ1n) is 9.28. The van der Waals surface area contributed by atoms with E-state index < -0.39 is 6.04 Å². The normalized spacial score (nSPS) is 16.0. The van der Waals surface area contributed by atoms with Crippen LogP contribution in [0.25, 0.3) is 5.70 Å². The summed E-state index contributed by atoms with van der Waals surface area (Å²) < 4.78 is 5.34. The minimum atomic E-state index is -0.609. The summed E-state index contributed by atoms with van der Waals surface area (Å²) in [5.41, 5.74) is 3.09. The van der Waals surface area contributed by atoms with Crippen LogP contribution in [-0.2, 0) is 0 Å². The Morgan fingerprint density at radius 3 is 2.28 bits per heavy atom. The van der Waals surface area contributed by atoms with Crippen LogP contribution in [0, 0.1) is 0 Å². The van der Waals surface area contributed by atoms with E-state index in [1.165, 1.54) is 0 Å². The number of benzene rings is 3. The number of carbonyl (C=O) groups is 2. The summed E-state index contributed by atoms with van der Waals surface area (Å²) in [5.74, 6) is 0.507. The summed E-state index contributed by atoms with van der Waals surface area (Å²) in [5, 5.41) is 5.74. The number of carbonyl (C=O) groups excluding carboxylic acids is 2. The van der Waals surface area contributed by atoms with Crippen molar-refractivity contribution in [2.45, 2.75) is 6.04 Å². The smallest absolute Gasteiger partial charge is 0.320 e. The number of methoxy groups -OCH3 is 1. The second-order valence-electron chi connectivity index (χ2n) is 6.66. The molecule has 3 aromatic carbocycles. The molecule has 29 heavy (non-hydrogen) atoms. The number of nitrogens with one attached hydrogen (secondary N) is 2. The van der Waals surface area contributed by atoms with E-state index in [-0.39, 0.29) is 11.8 Å². The van der Waals surface area contributed by atoms with Crippen molar-refractivity contribution in [3.05, 3.63) is 107 Å². The standard InChI is InChI=1S/C24H20N2O3/c1-29-19-14-8-13-18(15-19)22-20(23(27)17-11-6-3-7-12-17)21(25-24(28)26-22)16-9-4-2-5-10-16/h2-15,22H,1H3,(H2,25,26,28)/t22-/m1/s1. The highest BCUT2D eigenvalue weighted by Gasteiger charge is 2.33. The molecule has 1 aliphatic rings. The van der Waals surface area contributed by atoms with E-state index in [1.54, 1.807) is 19.2 Å². The zero-order valence-corrected chi connectivity index (χ0v) is 15.9. The zero-order valence-electron chi connectivity index (χ0n) is 15.9. The van der Waals surface area contributed by atoms with Gasteiger partial charge in [0.15, 0.2) is 5.78 Å². The summed E-state index contributed by atoms with van der Waals surface area (Å²) in [6.07, 6.45) is 0. The lowest BCUT2D eigenvalue weighted by Crippen LogP contribution is -2.45. The minimum absolute atomic E-state index is 0.148. The van der Waals surface area contributed by atoms with Gasteiger partial charge in [0, 0.05) is 5.56 Å². The number of rotatable bonds is 5. The summed E-state index contributed by atoms with van der Waals surface area (Å²) in [4.78, 5) is 26.0. The number of hydrogen-bond donors (Lipinski definition) is 2. The van der Waals surface area contributed by atoms with Crippen LogP contribution in [0.15, 0.2) is 90.5 Å². The molecule has 1 aliphatic heterocycles. The van der Waals surface area contributed by atoms with Crippen LogP contribution in [0.3, 0.4) is 0 Å². The van der Waals surface area contributed by atoms with Gasteiger partial charge in [0.2, 0.25) is 0 Å². The largest absolute Gasteiger partial charge is 0.497 e. The maximum Gasteiger partial charge on any atom is 0.320 e. The van der Waals surface area contributed by atoms with E-state index in [9.17, 15) is 9.59 Å². The van der Waals surface area contributed by atoms with Gasteiger partial charge in [0.05, 0.1) is 24.4 Å². The van der Waals surface area contributed by atoms with Gasteiger partial charge in [-0.2, -0.15) is 0 Å². The van der Waals surface area contributed by atoms with Crippen molar-refractivity contribution in [1.82, 2.24) is 10.6 Å². The molecule has 5 nitrogen and oxygen atoms in total. The van der Waals surface area contributed by atoms with E-state index in [0.29, 0.717) is 22.6 Å². The van der Waals surface area contributed by atoms with Gasteiger partial charge in [0.25, 0.3) is 0 Å². The third-order valence-electron chi connectivity index (χ3n) is 4.84. The zero-order chi connectivity index (χ0) is 20.2. The summed E-state index contributed by atoms with van der Waals surface area (Å²) in [6.45, 7) is 0. The van der Waals surface area contributed by atoms with Gasteiger partial charge in [-0.3, -0.25) is 4.79 Å². The molecule has 4 rings (SSSR count). The fourth-order valence-corrected chi connectivity index (χ4v) is 3.46. The van der Waals surface area contributed by atoms with Crippen LogP contribution in [0.5, 0.6) is 5.75 Å². The molecule has 0 fully saturated rings. The third-order valence-corrected chi connectivity index (χ3v) is 4.84. The maximum atomic E-state index is 13.5. The predicted molar refractivity (Wildman–Crippen MR) is 112 cm³/mol. The fraction of sp³-hybridized carbons (Fsp3) is 0.0833. The number of urea groups is 1. The molecule has 0 saturated heterocycles. The summed E-state index contributed by atoms with van der Waals surface area (Å²) >= 11 is 0. The molecule has 0 aromatic heterocycles. The highest BCUT2D eigenvalue weighted by molar-refractivity contribution is 6.16. The van der Waals surface area contributed by atoms with Crippen molar-refractivity contribution in [2.75, 3.05) is 7.11 Å². The quantitative estimate of drug-likeness (QED) is 0.643. The Labute approximate surface area is 169 Å². The van der Waals surface area contributed by atoms with Crippen molar-refractivity contribution < 1.29 is 14.3 Å². The summed E-state index contributed by atoms with van der Waals surface area (Å²) in [7, 11) is 1.58. The molecule has 2 N–H and O–H groups in total. The SMILES string of the molecule is COc1cccc([C@H]2NC(=O)NC(c3ccccc3)=C2C(=O)c2ccccc2)c1. The van der Waals surface area contributed by atoms with E-state index in [1.807, 2.05) is 72.8 Å². The molecule has 0 radical (unpaired) electrons. The topological polar surface area (TPSA) is 67.4 Å². The summed E-state index contributed by atoms with van der Waals surface area (Å²) in [6, 6.07) is 24.9. The van der Waals surface area contributed by atoms with E-state index in [0.717, 1.165) is 11.1 Å². The van der Waals surface area contributed by atoms with Gasteiger partial charge in [-0.25, -0.2) is 4.79 Å². The molecule has 144 valence electrons. The van der Waals surface area contributed by atoms with Crippen LogP contribution >= 0.6 is 0 Å². The van der Waals surface area contributed by atoms with Gasteiger partial charge >= 0.3 is 6.03 Å². The van der Waals surface area contributed by atoms with Crippen LogP contribution < -0.4 is 15.4 Å². The van der Waals surface area contributed by atoms with Crippen molar-refractivity contribution in [3.63, 3.8) is 0 Å². The van der Waals surface area contributed by atoms with E-state index in [2.05, 4.69) is 10.6 Å². The first-order chi connectivity index (χ1) is 14.2. The van der Waals surface area contributed by atoms with Crippen molar-refractivity contribution >= 4 is 17.5 Å². The van der Waals surface area contributed by atoms with Crippen LogP contribution in [0.1, 0.15) is 27.5 Å². The third kappa shape index (κ3) is 3.75. The number of ketones is 1. The first kappa shape index (κ1) is 18.5. The molecule has 0 spiro atoms. The predicted octanol–water partition coefficient (Wildman–Crippen LogP) is 4.34. The molecular weight excluding hydrogens is 364 g/mol. The number of ether oxygens (including phenoxy) is 1. The fourth-order valence-electron chi connectivity index (χ4n) is 3.46. The second kappa shape index (κ2) is 8.02. The van der Waals surface area contributed by atoms with Gasteiger partial charge in [-0.15, -0.1) is 0 Å². The highest BCUT2D eigenvalue weighted by Crippen LogP contribution is 2.34. The molecule has 2 amide bonds. The van der Waals surface area contributed by atoms with Crippen molar-refractivity contribution in [1.29, 1.82) is 0 Å². The molecule has 0 unspecified atom stereocenters. The number of hydrogen-bond acceptors (Lipinski definition) is 3. The van der Waals surface area contributed by atoms with Crippen molar-refractivity contribution in [3.8, 4) is 5.75 Å². The monoisotopic (exact) mass is 384 g/mol. The Hall–Kier alpha value is -3.86. The molecule has 0 saturated carbocycles. The Kier molecular flexibility index (Phi) is 5.12. The van der Waals surface area contributed by atoms with Crippen LogP contribution in [-0.4, -0.2) is 18.9 Å². The van der Waals surface area contributed by atoms with Crippen LogP contribution in [0.2, 0.25) is 0 Å². The molecule has 0 aliphatic carbocycles. The maximum absolute atomic E-state index is 13.5. The first-order valence-corrected chi connectivity index (χ1v) is 9.28. The Morgan fingerprint density at radius 2 is 1.59 bits per heavy atom. The lowest BCUT2D eigenvalue weighted by Gasteiger charge is -2.30. The average molecular weight is 384 g/mol. The van der Waals surface area contributed by atoms with Gasteiger partial charge in [-0.05, 0) is 23.3 Å². The molecule has 0 bridgehead atoms. The molecule has 5 heteroatoms. The van der Waals surface area contributed by atoms with Crippen LogP contribution in [0.4, 0.5) is 4.79 Å². The Bertz CT molecular complexity index is 1080. The Morgan fingerprint density at radius 1 is 0.897 bits per heavy atom. The lowest BCUT2D eigenvalue weighted by molar-refractivity contribution is 0.102. The molecule has 1 atom stereocenters. The highest BCUT2D eigenvalue weighted by atomic mass is 16.5. The number of amides is 2. The Balaban J connectivity index is 1.92. The lowest BCUT2D eigenvalue weighted by atomic mass is 9.87. The average Bonchev–Trinajstić information content (AvgIpc) is 2.79. The van der Waals surface area contributed by atoms with Gasteiger partial charge < -0.3 is 15.4 Å². The van der Waals surface area contributed by atoms with Gasteiger partial charge in [-0.1, -0.05) is 72.8 Å². The molecule has 1 heterocycles. The van der Waals surface area contributed by atoms with E-state index >= 15 is 0 Å². The van der Waals surface area contributed by atoms with Crippen molar-refractivity contribution in [2.24, 2.45) is 0 Å². The number of Topliss-reactive ketones (excluding diaryl/α,β-unsaturated/α-hetero) is 1. The van der Waals surface area contributed by atoms with Gasteiger partial charge in [0.1, 0.15) is 5.75 Å². The van der Waals surface area contributed by atoms with E-state index in [4.69, 9.17) is 4.74 Å². The molecular formula is C24H20N2O3. The second-order valence-corrected chi connectivity index (χ2v) is 6.66. The minimum Gasteiger partial charge on any atom is -0.497 e. The molecule has 3 aromatic rings.